The van der Waals surface area contributed by atoms with Gasteiger partial charge in [0, 0.05) is 12.7 Å². The van der Waals surface area contributed by atoms with Crippen LogP contribution >= 0.6 is 0 Å². The third kappa shape index (κ3) is 3.26. The molecule has 0 fully saturated rings. The first-order chi connectivity index (χ1) is 14.2. The third-order valence-corrected chi connectivity index (χ3v) is 5.29. The number of benzene rings is 2. The Morgan fingerprint density at radius 2 is 1.80 bits per heavy atom. The van der Waals surface area contributed by atoms with Gasteiger partial charge in [-0.15, -0.1) is 0 Å². The van der Waals surface area contributed by atoms with E-state index in [9.17, 15) is 22.8 Å². The number of nitrogens with one attached hydrogen (secondary N) is 1. The van der Waals surface area contributed by atoms with Crippen LogP contribution in [0.25, 0.3) is 0 Å². The summed E-state index contributed by atoms with van der Waals surface area (Å²) >= 11 is 0. The van der Waals surface area contributed by atoms with Crippen molar-refractivity contribution in [2.75, 3.05) is 25.6 Å². The molecule has 2 aliphatic heterocycles. The number of hydrogen-bond donors (Lipinski definition) is 1. The first-order valence-electron chi connectivity index (χ1n) is 9.11. The Morgan fingerprint density at radius 3 is 2.43 bits per heavy atom. The highest BCUT2D eigenvalue weighted by Crippen LogP contribution is 2.39. The lowest BCUT2D eigenvalue weighted by molar-refractivity contribution is -0.137. The predicted molar refractivity (Wildman–Crippen MR) is 103 cm³/mol. The van der Waals surface area contributed by atoms with Crippen molar-refractivity contribution in [3.05, 3.63) is 70.9 Å². The Morgan fingerprint density at radius 1 is 1.10 bits per heavy atom. The minimum absolute atomic E-state index is 0.00600. The molecule has 0 saturated heterocycles. The molecular weight excluding hydrogens is 399 g/mol. The predicted octanol–water partition coefficient (Wildman–Crippen LogP) is 3.71. The van der Waals surface area contributed by atoms with Gasteiger partial charge >= 0.3 is 12.2 Å². The highest BCUT2D eigenvalue weighted by Gasteiger charge is 2.43. The van der Waals surface area contributed by atoms with Crippen LogP contribution in [0.5, 0.6) is 5.75 Å². The van der Waals surface area contributed by atoms with E-state index in [0.717, 1.165) is 12.1 Å². The first-order valence-corrected chi connectivity index (χ1v) is 9.11. The number of anilines is 1. The SMILES string of the molecule is COc1ccc(C2NC(=O)N(C)C3=C2C(=O)N(c2cccc(C(F)(F)F)c2)C3)cc1. The molecule has 0 bridgehead atoms. The molecule has 0 saturated carbocycles. The molecule has 0 aromatic heterocycles. The Hall–Kier alpha value is -3.49. The number of methoxy groups -OCH3 is 1. The molecule has 2 aromatic carbocycles. The van der Waals surface area contributed by atoms with Crippen LogP contribution in [0.1, 0.15) is 17.2 Å². The fraction of sp³-hybridized carbons (Fsp3) is 0.238. The van der Waals surface area contributed by atoms with E-state index < -0.39 is 29.7 Å². The molecular formula is C21H18F3N3O3. The number of alkyl halides is 3. The topological polar surface area (TPSA) is 61.9 Å². The molecule has 0 aliphatic carbocycles. The van der Waals surface area contributed by atoms with E-state index in [2.05, 4.69) is 5.32 Å². The molecule has 0 spiro atoms. The minimum atomic E-state index is -4.52. The summed E-state index contributed by atoms with van der Waals surface area (Å²) in [7, 11) is 3.05. The summed E-state index contributed by atoms with van der Waals surface area (Å²) in [6.45, 7) is 0.00600. The molecule has 30 heavy (non-hydrogen) atoms. The summed E-state index contributed by atoms with van der Waals surface area (Å²) in [5.74, 6) is 0.174. The normalized spacial score (nSPS) is 19.2. The van der Waals surface area contributed by atoms with Crippen molar-refractivity contribution in [1.82, 2.24) is 10.2 Å². The summed E-state index contributed by atoms with van der Waals surface area (Å²) in [5.41, 5.74) is 0.746. The Kier molecular flexibility index (Phi) is 4.68. The van der Waals surface area contributed by atoms with Crippen LogP contribution in [-0.4, -0.2) is 37.5 Å². The number of halogens is 3. The molecule has 1 unspecified atom stereocenters. The number of ether oxygens (including phenoxy) is 1. The van der Waals surface area contributed by atoms with Crippen molar-refractivity contribution in [3.8, 4) is 5.75 Å². The maximum Gasteiger partial charge on any atom is 0.416 e. The number of carbonyl (C=O) groups is 2. The number of likely N-dealkylation sites (N-methyl/N-ethyl adjacent to an activating group) is 1. The highest BCUT2D eigenvalue weighted by molar-refractivity contribution is 6.11. The van der Waals surface area contributed by atoms with Gasteiger partial charge in [0.25, 0.3) is 5.91 Å². The summed E-state index contributed by atoms with van der Waals surface area (Å²) in [5, 5.41) is 2.79. The van der Waals surface area contributed by atoms with Gasteiger partial charge in [-0.25, -0.2) is 4.79 Å². The molecule has 1 N–H and O–H groups in total. The molecule has 1 atom stereocenters. The Labute approximate surface area is 170 Å². The van der Waals surface area contributed by atoms with Crippen LogP contribution in [0.15, 0.2) is 59.8 Å². The number of nitrogens with zero attached hydrogens (tertiary/aromatic N) is 2. The van der Waals surface area contributed by atoms with Gasteiger partial charge in [-0.2, -0.15) is 13.2 Å². The lowest BCUT2D eigenvalue weighted by atomic mass is 9.95. The van der Waals surface area contributed by atoms with E-state index in [0.29, 0.717) is 22.6 Å². The van der Waals surface area contributed by atoms with Crippen molar-refractivity contribution in [3.63, 3.8) is 0 Å². The van der Waals surface area contributed by atoms with Gasteiger partial charge in [0.2, 0.25) is 0 Å². The van der Waals surface area contributed by atoms with Gasteiger partial charge in [-0.05, 0) is 35.9 Å². The smallest absolute Gasteiger partial charge is 0.416 e. The number of hydrogen-bond acceptors (Lipinski definition) is 3. The first kappa shape index (κ1) is 19.8. The maximum atomic E-state index is 13.2. The van der Waals surface area contributed by atoms with E-state index in [-0.39, 0.29) is 12.2 Å². The monoisotopic (exact) mass is 417 g/mol. The van der Waals surface area contributed by atoms with Gasteiger partial charge in [0.05, 0.1) is 36.5 Å². The lowest BCUT2D eigenvalue weighted by Gasteiger charge is -2.31. The second-order valence-electron chi connectivity index (χ2n) is 7.01. The van der Waals surface area contributed by atoms with Gasteiger partial charge in [0.15, 0.2) is 0 Å². The lowest BCUT2D eigenvalue weighted by Crippen LogP contribution is -2.45. The van der Waals surface area contributed by atoms with Crippen LogP contribution in [-0.2, 0) is 11.0 Å². The van der Waals surface area contributed by atoms with Crippen molar-refractivity contribution in [2.45, 2.75) is 12.2 Å². The molecule has 3 amide bonds. The second-order valence-corrected chi connectivity index (χ2v) is 7.01. The van der Waals surface area contributed by atoms with E-state index in [1.807, 2.05) is 0 Å². The molecule has 6 nitrogen and oxygen atoms in total. The van der Waals surface area contributed by atoms with E-state index in [1.165, 1.54) is 36.1 Å². The molecule has 9 heteroatoms. The van der Waals surface area contributed by atoms with Gasteiger partial charge in [-0.3, -0.25) is 9.69 Å². The molecule has 156 valence electrons. The standard InChI is InChI=1S/C21H18F3N3O3/c1-26-16-11-27(14-5-3-4-13(10-14)21(22,23)24)19(28)17(16)18(25-20(26)29)12-6-8-15(30-2)9-7-12/h3-10,18H,11H2,1-2H3,(H,25,29). The van der Waals surface area contributed by atoms with E-state index in [1.54, 1.807) is 24.3 Å². The van der Waals surface area contributed by atoms with Crippen LogP contribution in [0.4, 0.5) is 23.7 Å². The summed E-state index contributed by atoms with van der Waals surface area (Å²) in [4.78, 5) is 28.3. The van der Waals surface area contributed by atoms with Gasteiger partial charge in [-0.1, -0.05) is 18.2 Å². The van der Waals surface area contributed by atoms with Crippen molar-refractivity contribution in [1.29, 1.82) is 0 Å². The van der Waals surface area contributed by atoms with Crippen LogP contribution in [0.3, 0.4) is 0 Å². The summed E-state index contributed by atoms with van der Waals surface area (Å²) in [6, 6.07) is 10.4. The molecule has 2 heterocycles. The average molecular weight is 417 g/mol. The molecule has 4 rings (SSSR count). The molecule has 2 aliphatic rings. The van der Waals surface area contributed by atoms with Crippen LogP contribution in [0.2, 0.25) is 0 Å². The molecule has 2 aromatic rings. The van der Waals surface area contributed by atoms with Crippen molar-refractivity contribution in [2.24, 2.45) is 0 Å². The van der Waals surface area contributed by atoms with E-state index >= 15 is 0 Å². The third-order valence-electron chi connectivity index (χ3n) is 5.29. The average Bonchev–Trinajstić information content (AvgIpc) is 3.08. The Balaban J connectivity index is 1.72. The van der Waals surface area contributed by atoms with Gasteiger partial charge < -0.3 is 15.0 Å². The van der Waals surface area contributed by atoms with Crippen LogP contribution < -0.4 is 15.0 Å². The zero-order chi connectivity index (χ0) is 21.6. The van der Waals surface area contributed by atoms with Crippen molar-refractivity contribution < 1.29 is 27.5 Å². The maximum absolute atomic E-state index is 13.2. The number of amides is 3. The van der Waals surface area contributed by atoms with Crippen molar-refractivity contribution >= 4 is 17.6 Å². The summed E-state index contributed by atoms with van der Waals surface area (Å²) < 4.78 is 44.5. The fourth-order valence-corrected chi connectivity index (χ4v) is 3.67. The zero-order valence-corrected chi connectivity index (χ0v) is 16.2. The quantitative estimate of drug-likeness (QED) is 0.828. The highest BCUT2D eigenvalue weighted by atomic mass is 19.4. The number of carbonyl (C=O) groups excluding carboxylic acids is 2. The molecule has 0 radical (unpaired) electrons. The number of urea groups is 1. The zero-order valence-electron chi connectivity index (χ0n) is 16.2. The fourth-order valence-electron chi connectivity index (χ4n) is 3.67. The number of rotatable bonds is 3. The van der Waals surface area contributed by atoms with E-state index in [4.69, 9.17) is 4.74 Å². The second kappa shape index (κ2) is 7.08. The summed E-state index contributed by atoms with van der Waals surface area (Å²) in [6.07, 6.45) is -4.52. The van der Waals surface area contributed by atoms with Gasteiger partial charge in [0.1, 0.15) is 5.75 Å². The van der Waals surface area contributed by atoms with Crippen LogP contribution in [0, 0.1) is 0 Å². The Bertz CT molecular complexity index is 1050. The minimum Gasteiger partial charge on any atom is -0.497 e. The largest absolute Gasteiger partial charge is 0.497 e.